The summed E-state index contributed by atoms with van der Waals surface area (Å²) < 4.78 is 0. The van der Waals surface area contributed by atoms with E-state index in [2.05, 4.69) is 20.5 Å². The molecule has 2 amide bonds. The average molecular weight is 251 g/mol. The SMILES string of the molecule is C[C@H](NC(=O)c1ncn[nH]1)C(=O)N1CCCCC1. The fraction of sp³-hybridized carbons (Fsp3) is 0.636. The van der Waals surface area contributed by atoms with E-state index in [0.29, 0.717) is 0 Å². The summed E-state index contributed by atoms with van der Waals surface area (Å²) in [5, 5.41) is 8.67. The van der Waals surface area contributed by atoms with Crippen molar-refractivity contribution in [2.45, 2.75) is 32.2 Å². The van der Waals surface area contributed by atoms with E-state index in [9.17, 15) is 9.59 Å². The molecule has 0 radical (unpaired) electrons. The van der Waals surface area contributed by atoms with Crippen LogP contribution in [0.3, 0.4) is 0 Å². The van der Waals surface area contributed by atoms with Crippen LogP contribution >= 0.6 is 0 Å². The minimum Gasteiger partial charge on any atom is -0.341 e. The van der Waals surface area contributed by atoms with Crippen molar-refractivity contribution in [2.75, 3.05) is 13.1 Å². The highest BCUT2D eigenvalue weighted by Gasteiger charge is 2.24. The molecule has 1 aliphatic heterocycles. The molecule has 2 rings (SSSR count). The molecule has 1 fully saturated rings. The molecule has 1 atom stereocenters. The number of amides is 2. The van der Waals surface area contributed by atoms with Gasteiger partial charge in [-0.2, -0.15) is 5.10 Å². The molecule has 1 aromatic heterocycles. The van der Waals surface area contributed by atoms with E-state index in [4.69, 9.17) is 0 Å². The minimum atomic E-state index is -0.541. The van der Waals surface area contributed by atoms with Crippen molar-refractivity contribution in [3.05, 3.63) is 12.2 Å². The maximum Gasteiger partial charge on any atom is 0.289 e. The number of carbonyl (C=O) groups excluding carboxylic acids is 2. The van der Waals surface area contributed by atoms with E-state index in [0.717, 1.165) is 25.9 Å². The fourth-order valence-corrected chi connectivity index (χ4v) is 2.03. The van der Waals surface area contributed by atoms with Crippen LogP contribution in [0.1, 0.15) is 36.8 Å². The van der Waals surface area contributed by atoms with Crippen molar-refractivity contribution in [3.63, 3.8) is 0 Å². The number of nitrogens with zero attached hydrogens (tertiary/aromatic N) is 3. The number of aromatic nitrogens is 3. The smallest absolute Gasteiger partial charge is 0.289 e. The quantitative estimate of drug-likeness (QED) is 0.787. The van der Waals surface area contributed by atoms with Gasteiger partial charge in [-0.25, -0.2) is 4.98 Å². The summed E-state index contributed by atoms with van der Waals surface area (Å²) in [5.41, 5.74) is 0. The molecule has 0 spiro atoms. The van der Waals surface area contributed by atoms with Crippen LogP contribution in [0, 0.1) is 0 Å². The van der Waals surface area contributed by atoms with Crippen LogP contribution in [0.4, 0.5) is 0 Å². The lowest BCUT2D eigenvalue weighted by Crippen LogP contribution is -2.48. The normalized spacial score (nSPS) is 17.3. The van der Waals surface area contributed by atoms with Gasteiger partial charge in [0, 0.05) is 13.1 Å². The Morgan fingerprint density at radius 2 is 2.11 bits per heavy atom. The number of likely N-dealkylation sites (tertiary alicyclic amines) is 1. The zero-order chi connectivity index (χ0) is 13.0. The molecule has 2 N–H and O–H groups in total. The van der Waals surface area contributed by atoms with Crippen molar-refractivity contribution < 1.29 is 9.59 Å². The third-order valence-electron chi connectivity index (χ3n) is 3.02. The van der Waals surface area contributed by atoms with Gasteiger partial charge in [-0.15, -0.1) is 0 Å². The first kappa shape index (κ1) is 12.5. The van der Waals surface area contributed by atoms with Crippen molar-refractivity contribution >= 4 is 11.8 Å². The van der Waals surface area contributed by atoms with E-state index in [1.807, 2.05) is 0 Å². The molecule has 0 saturated carbocycles. The van der Waals surface area contributed by atoms with Crippen LogP contribution in [0.15, 0.2) is 6.33 Å². The maximum absolute atomic E-state index is 12.1. The van der Waals surface area contributed by atoms with Gasteiger partial charge in [0.1, 0.15) is 12.4 Å². The van der Waals surface area contributed by atoms with Crippen molar-refractivity contribution in [2.24, 2.45) is 0 Å². The van der Waals surface area contributed by atoms with Gasteiger partial charge in [-0.1, -0.05) is 0 Å². The monoisotopic (exact) mass is 251 g/mol. The lowest BCUT2D eigenvalue weighted by atomic mass is 10.1. The molecule has 0 aliphatic carbocycles. The van der Waals surface area contributed by atoms with Crippen molar-refractivity contribution in [1.29, 1.82) is 0 Å². The number of rotatable bonds is 3. The Labute approximate surface area is 105 Å². The van der Waals surface area contributed by atoms with Gasteiger partial charge in [0.25, 0.3) is 5.91 Å². The van der Waals surface area contributed by atoms with Crippen LogP contribution < -0.4 is 5.32 Å². The molecule has 7 nitrogen and oxygen atoms in total. The predicted octanol–water partition coefficient (Wildman–Crippen LogP) is -0.0645. The number of aromatic amines is 1. The molecule has 18 heavy (non-hydrogen) atoms. The third kappa shape index (κ3) is 2.85. The second kappa shape index (κ2) is 5.61. The van der Waals surface area contributed by atoms with Gasteiger partial charge in [-0.05, 0) is 26.2 Å². The number of carbonyl (C=O) groups is 2. The number of piperidine rings is 1. The average Bonchev–Trinajstić information content (AvgIpc) is 2.92. The Kier molecular flexibility index (Phi) is 3.91. The summed E-state index contributed by atoms with van der Waals surface area (Å²) in [6.45, 7) is 3.24. The summed E-state index contributed by atoms with van der Waals surface area (Å²) in [5.74, 6) is -0.332. The maximum atomic E-state index is 12.1. The van der Waals surface area contributed by atoms with Crippen LogP contribution in [0.5, 0.6) is 0 Å². The highest BCUT2D eigenvalue weighted by atomic mass is 16.2. The molecule has 0 unspecified atom stereocenters. The Balaban J connectivity index is 1.88. The van der Waals surface area contributed by atoms with E-state index >= 15 is 0 Å². The number of hydrogen-bond donors (Lipinski definition) is 2. The van der Waals surface area contributed by atoms with Gasteiger partial charge in [-0.3, -0.25) is 14.7 Å². The number of nitrogens with one attached hydrogen (secondary N) is 2. The molecule has 1 aliphatic rings. The largest absolute Gasteiger partial charge is 0.341 e. The van der Waals surface area contributed by atoms with Gasteiger partial charge in [0.05, 0.1) is 0 Å². The van der Waals surface area contributed by atoms with Crippen LogP contribution in [-0.2, 0) is 4.79 Å². The molecule has 0 aromatic carbocycles. The second-order valence-corrected chi connectivity index (χ2v) is 4.42. The Bertz CT molecular complexity index is 411. The zero-order valence-electron chi connectivity index (χ0n) is 10.3. The molecule has 2 heterocycles. The highest BCUT2D eigenvalue weighted by Crippen LogP contribution is 2.10. The Hall–Kier alpha value is -1.92. The fourth-order valence-electron chi connectivity index (χ4n) is 2.03. The van der Waals surface area contributed by atoms with Crippen LogP contribution in [-0.4, -0.2) is 51.0 Å². The Morgan fingerprint density at radius 1 is 1.39 bits per heavy atom. The third-order valence-corrected chi connectivity index (χ3v) is 3.02. The molecule has 98 valence electrons. The van der Waals surface area contributed by atoms with E-state index < -0.39 is 11.9 Å². The predicted molar refractivity (Wildman–Crippen MR) is 63.7 cm³/mol. The molecular formula is C11H17N5O2. The molecule has 0 bridgehead atoms. The molecular weight excluding hydrogens is 234 g/mol. The van der Waals surface area contributed by atoms with Gasteiger partial charge in [0.2, 0.25) is 11.7 Å². The van der Waals surface area contributed by atoms with Gasteiger partial charge >= 0.3 is 0 Å². The minimum absolute atomic E-state index is 0.0393. The second-order valence-electron chi connectivity index (χ2n) is 4.42. The molecule has 1 saturated heterocycles. The van der Waals surface area contributed by atoms with Crippen LogP contribution in [0.25, 0.3) is 0 Å². The molecule has 1 aromatic rings. The first-order chi connectivity index (χ1) is 8.68. The first-order valence-electron chi connectivity index (χ1n) is 6.13. The summed E-state index contributed by atoms with van der Waals surface area (Å²) >= 11 is 0. The van der Waals surface area contributed by atoms with Gasteiger partial charge < -0.3 is 10.2 Å². The lowest BCUT2D eigenvalue weighted by molar-refractivity contribution is -0.133. The van der Waals surface area contributed by atoms with Crippen molar-refractivity contribution in [1.82, 2.24) is 25.4 Å². The number of hydrogen-bond acceptors (Lipinski definition) is 4. The summed E-state index contributed by atoms with van der Waals surface area (Å²) in [7, 11) is 0. The van der Waals surface area contributed by atoms with Crippen molar-refractivity contribution in [3.8, 4) is 0 Å². The van der Waals surface area contributed by atoms with Gasteiger partial charge in [0.15, 0.2) is 0 Å². The lowest BCUT2D eigenvalue weighted by Gasteiger charge is -2.29. The summed E-state index contributed by atoms with van der Waals surface area (Å²) in [6.07, 6.45) is 4.50. The zero-order valence-corrected chi connectivity index (χ0v) is 10.3. The van der Waals surface area contributed by atoms with Crippen LogP contribution in [0.2, 0.25) is 0 Å². The first-order valence-corrected chi connectivity index (χ1v) is 6.13. The summed E-state index contributed by atoms with van der Waals surface area (Å²) in [4.78, 5) is 29.3. The molecule has 7 heteroatoms. The number of H-pyrrole nitrogens is 1. The van der Waals surface area contributed by atoms with E-state index in [-0.39, 0.29) is 11.7 Å². The Morgan fingerprint density at radius 3 is 2.72 bits per heavy atom. The standard InChI is InChI=1S/C11H17N5O2/c1-8(11(18)16-5-3-2-4-6-16)14-10(17)9-12-7-13-15-9/h7-8H,2-6H2,1H3,(H,14,17)(H,12,13,15)/t8-/m0/s1. The van der Waals surface area contributed by atoms with E-state index in [1.54, 1.807) is 11.8 Å². The summed E-state index contributed by atoms with van der Waals surface area (Å²) in [6, 6.07) is -0.541. The topological polar surface area (TPSA) is 91.0 Å². The van der Waals surface area contributed by atoms with E-state index in [1.165, 1.54) is 12.7 Å². The highest BCUT2D eigenvalue weighted by molar-refractivity contribution is 5.94.